The number of aryl methyl sites for hydroxylation is 1. The average molecular weight is 421 g/mol. The molecule has 0 atom stereocenters. The molecule has 1 aromatic heterocycles. The van der Waals surface area contributed by atoms with Gasteiger partial charge in [0.25, 0.3) is 10.1 Å². The smallest absolute Gasteiger partial charge is 0.297 e. The molecule has 0 saturated heterocycles. The maximum atomic E-state index is 12.0. The van der Waals surface area contributed by atoms with Crippen molar-refractivity contribution in [1.29, 1.82) is 0 Å². The Balaban J connectivity index is 2.00. The Morgan fingerprint density at radius 2 is 1.95 bits per heavy atom. The van der Waals surface area contributed by atoms with E-state index in [1.807, 2.05) is 19.2 Å². The quantitative estimate of drug-likeness (QED) is 0.574. The molecule has 2 aromatic rings. The minimum atomic E-state index is -3.74. The van der Waals surface area contributed by atoms with Crippen LogP contribution in [0.25, 0.3) is 0 Å². The molecule has 0 bridgehead atoms. The van der Waals surface area contributed by atoms with Crippen molar-refractivity contribution in [2.24, 2.45) is 0 Å². The van der Waals surface area contributed by atoms with Gasteiger partial charge in [0.1, 0.15) is 0 Å². The van der Waals surface area contributed by atoms with Gasteiger partial charge < -0.3 is 9.67 Å². The van der Waals surface area contributed by atoms with Crippen molar-refractivity contribution in [3.8, 4) is 0 Å². The van der Waals surface area contributed by atoms with E-state index >= 15 is 0 Å². The molecule has 114 valence electrons. The summed E-state index contributed by atoms with van der Waals surface area (Å²) in [6.07, 6.45) is 1.84. The highest BCUT2D eigenvalue weighted by molar-refractivity contribution is 14.1. The number of nitrogens with zero attached hydrogens (tertiary/aromatic N) is 1. The van der Waals surface area contributed by atoms with Gasteiger partial charge in [0, 0.05) is 22.0 Å². The van der Waals surface area contributed by atoms with Crippen LogP contribution in [0.5, 0.6) is 0 Å². The summed E-state index contributed by atoms with van der Waals surface area (Å²) in [7, 11) is -3.74. The van der Waals surface area contributed by atoms with Crippen molar-refractivity contribution in [1.82, 2.24) is 4.57 Å². The van der Waals surface area contributed by atoms with Gasteiger partial charge in [0.05, 0.1) is 18.1 Å². The SMILES string of the molecule is Cc1ccc(S(=O)(=O)OCCn2cc(I)cc2CO)cc1. The predicted octanol–water partition coefficient (Wildman–Crippen LogP) is 2.30. The van der Waals surface area contributed by atoms with Gasteiger partial charge in [-0.15, -0.1) is 0 Å². The Kier molecular flexibility index (Phi) is 5.42. The van der Waals surface area contributed by atoms with Gasteiger partial charge in [-0.05, 0) is 47.7 Å². The van der Waals surface area contributed by atoms with Crippen molar-refractivity contribution in [2.75, 3.05) is 6.61 Å². The van der Waals surface area contributed by atoms with Gasteiger partial charge in [0.15, 0.2) is 0 Å². The van der Waals surface area contributed by atoms with Crippen molar-refractivity contribution in [3.05, 3.63) is 51.4 Å². The van der Waals surface area contributed by atoms with Crippen LogP contribution in [0.4, 0.5) is 0 Å². The van der Waals surface area contributed by atoms with Crippen LogP contribution < -0.4 is 0 Å². The van der Waals surface area contributed by atoms with E-state index in [4.69, 9.17) is 4.18 Å². The summed E-state index contributed by atoms with van der Waals surface area (Å²) < 4.78 is 31.8. The topological polar surface area (TPSA) is 68.5 Å². The second-order valence-corrected chi connectivity index (χ2v) is 7.45. The normalized spacial score (nSPS) is 11.8. The molecule has 1 heterocycles. The number of benzene rings is 1. The summed E-state index contributed by atoms with van der Waals surface area (Å²) in [5.41, 5.74) is 1.72. The Morgan fingerprint density at radius 1 is 1.29 bits per heavy atom. The van der Waals surface area contributed by atoms with E-state index in [0.29, 0.717) is 6.54 Å². The van der Waals surface area contributed by atoms with Crippen LogP contribution in [0.15, 0.2) is 41.4 Å². The Morgan fingerprint density at radius 3 is 2.57 bits per heavy atom. The number of hydrogen-bond acceptors (Lipinski definition) is 4. The number of halogens is 1. The molecule has 0 unspecified atom stereocenters. The lowest BCUT2D eigenvalue weighted by atomic mass is 10.2. The number of hydrogen-bond donors (Lipinski definition) is 1. The molecule has 0 spiro atoms. The fourth-order valence-electron chi connectivity index (χ4n) is 1.87. The molecule has 0 aliphatic carbocycles. The number of rotatable bonds is 6. The van der Waals surface area contributed by atoms with Crippen LogP contribution >= 0.6 is 22.6 Å². The standard InChI is InChI=1S/C14H16INO4S/c1-11-2-4-14(5-3-11)21(18,19)20-7-6-16-9-12(15)8-13(16)10-17/h2-5,8-9,17H,6-7,10H2,1H3. The van der Waals surface area contributed by atoms with E-state index in [1.165, 1.54) is 12.1 Å². The fraction of sp³-hybridized carbons (Fsp3) is 0.286. The molecule has 0 saturated carbocycles. The first-order chi connectivity index (χ1) is 9.92. The second-order valence-electron chi connectivity index (χ2n) is 4.59. The first kappa shape index (κ1) is 16.5. The molecule has 0 radical (unpaired) electrons. The molecule has 0 aliphatic heterocycles. The lowest BCUT2D eigenvalue weighted by Gasteiger charge is -2.09. The van der Waals surface area contributed by atoms with E-state index in [1.54, 1.807) is 16.7 Å². The first-order valence-corrected chi connectivity index (χ1v) is 8.82. The highest BCUT2D eigenvalue weighted by Crippen LogP contribution is 2.14. The fourth-order valence-corrected chi connectivity index (χ4v) is 3.47. The van der Waals surface area contributed by atoms with E-state index in [0.717, 1.165) is 14.8 Å². The molecular formula is C14H16INO4S. The van der Waals surface area contributed by atoms with Crippen molar-refractivity contribution >= 4 is 32.7 Å². The Labute approximate surface area is 137 Å². The molecule has 1 N–H and O–H groups in total. The molecule has 7 heteroatoms. The lowest BCUT2D eigenvalue weighted by molar-refractivity contribution is 0.260. The molecular weight excluding hydrogens is 405 g/mol. The Bertz CT molecular complexity index is 707. The number of aliphatic hydroxyl groups excluding tert-OH is 1. The van der Waals surface area contributed by atoms with Gasteiger partial charge in [-0.3, -0.25) is 4.18 Å². The molecule has 2 rings (SSSR count). The predicted molar refractivity (Wildman–Crippen MR) is 87.4 cm³/mol. The highest BCUT2D eigenvalue weighted by Gasteiger charge is 2.15. The van der Waals surface area contributed by atoms with E-state index < -0.39 is 10.1 Å². The lowest BCUT2D eigenvalue weighted by Crippen LogP contribution is -2.13. The third kappa shape index (κ3) is 4.29. The molecule has 0 aliphatic rings. The van der Waals surface area contributed by atoms with Crippen molar-refractivity contribution < 1.29 is 17.7 Å². The molecule has 5 nitrogen and oxygen atoms in total. The van der Waals surface area contributed by atoms with Gasteiger partial charge in [0.2, 0.25) is 0 Å². The summed E-state index contributed by atoms with van der Waals surface area (Å²) in [6.45, 7) is 2.19. The third-order valence-corrected chi connectivity index (χ3v) is 4.91. The van der Waals surface area contributed by atoms with Crippen molar-refractivity contribution in [2.45, 2.75) is 25.0 Å². The minimum absolute atomic E-state index is 0.0218. The van der Waals surface area contributed by atoms with Gasteiger partial charge in [-0.1, -0.05) is 17.7 Å². The van der Waals surface area contributed by atoms with Gasteiger partial charge >= 0.3 is 0 Å². The molecule has 1 aromatic carbocycles. The third-order valence-electron chi connectivity index (χ3n) is 2.99. The van der Waals surface area contributed by atoms with Crippen LogP contribution in [0.2, 0.25) is 0 Å². The summed E-state index contributed by atoms with van der Waals surface area (Å²) in [5.74, 6) is 0. The molecule has 0 fully saturated rings. The van der Waals surface area contributed by atoms with Gasteiger partial charge in [-0.2, -0.15) is 8.42 Å². The number of aromatic nitrogens is 1. The summed E-state index contributed by atoms with van der Waals surface area (Å²) in [5, 5.41) is 9.21. The van der Waals surface area contributed by atoms with Crippen LogP contribution in [0.1, 0.15) is 11.3 Å². The van der Waals surface area contributed by atoms with Gasteiger partial charge in [-0.25, -0.2) is 0 Å². The second kappa shape index (κ2) is 6.91. The maximum absolute atomic E-state index is 12.0. The van der Waals surface area contributed by atoms with Crippen molar-refractivity contribution in [3.63, 3.8) is 0 Å². The zero-order valence-corrected chi connectivity index (χ0v) is 14.5. The van der Waals surface area contributed by atoms with E-state index in [9.17, 15) is 13.5 Å². The van der Waals surface area contributed by atoms with Crippen LogP contribution in [-0.4, -0.2) is 24.7 Å². The summed E-state index contributed by atoms with van der Waals surface area (Å²) >= 11 is 2.14. The molecule has 21 heavy (non-hydrogen) atoms. The summed E-state index contributed by atoms with van der Waals surface area (Å²) in [4.78, 5) is 0.151. The highest BCUT2D eigenvalue weighted by atomic mass is 127. The number of aliphatic hydroxyl groups is 1. The minimum Gasteiger partial charge on any atom is -0.390 e. The summed E-state index contributed by atoms with van der Waals surface area (Å²) in [6, 6.07) is 8.36. The average Bonchev–Trinajstić information content (AvgIpc) is 2.79. The van der Waals surface area contributed by atoms with E-state index in [-0.39, 0.29) is 18.1 Å². The van der Waals surface area contributed by atoms with E-state index in [2.05, 4.69) is 22.6 Å². The largest absolute Gasteiger partial charge is 0.390 e. The van der Waals surface area contributed by atoms with Crippen LogP contribution in [-0.2, 0) is 27.5 Å². The zero-order valence-electron chi connectivity index (χ0n) is 11.5. The van der Waals surface area contributed by atoms with Crippen LogP contribution in [0.3, 0.4) is 0 Å². The van der Waals surface area contributed by atoms with Crippen LogP contribution in [0, 0.1) is 10.5 Å². The maximum Gasteiger partial charge on any atom is 0.297 e. The Hall–Kier alpha value is -0.900. The zero-order chi connectivity index (χ0) is 15.5. The molecule has 0 amide bonds. The monoisotopic (exact) mass is 421 g/mol. The first-order valence-electron chi connectivity index (χ1n) is 6.34.